The highest BCUT2D eigenvalue weighted by Gasteiger charge is 2.27. The summed E-state index contributed by atoms with van der Waals surface area (Å²) in [6.45, 7) is 5.59. The summed E-state index contributed by atoms with van der Waals surface area (Å²) in [6.07, 6.45) is 4.83. The lowest BCUT2D eigenvalue weighted by Gasteiger charge is -2.32. The molecule has 154 valence electrons. The van der Waals surface area contributed by atoms with Crippen LogP contribution in [-0.2, 0) is 4.79 Å². The Kier molecular flexibility index (Phi) is 5.93. The van der Waals surface area contributed by atoms with Gasteiger partial charge in [0.1, 0.15) is 5.75 Å². The second-order valence-electron chi connectivity index (χ2n) is 7.65. The Morgan fingerprint density at radius 2 is 1.73 bits per heavy atom. The third kappa shape index (κ3) is 4.59. The number of aromatic nitrogens is 2. The quantitative estimate of drug-likeness (QED) is 0.668. The molecule has 3 aromatic rings. The fraction of sp³-hybridized carbons (Fsp3) is 0.292. The van der Waals surface area contributed by atoms with E-state index in [-0.39, 0.29) is 11.8 Å². The summed E-state index contributed by atoms with van der Waals surface area (Å²) in [5.41, 5.74) is 3.26. The van der Waals surface area contributed by atoms with E-state index >= 15 is 0 Å². The number of para-hydroxylation sites is 1. The van der Waals surface area contributed by atoms with Crippen LogP contribution in [0.25, 0.3) is 0 Å². The lowest BCUT2D eigenvalue weighted by molar-refractivity contribution is -0.120. The summed E-state index contributed by atoms with van der Waals surface area (Å²) in [5.74, 6) is 1.99. The first-order valence-electron chi connectivity index (χ1n) is 10.3. The highest BCUT2D eigenvalue weighted by atomic mass is 16.5. The van der Waals surface area contributed by atoms with Crippen molar-refractivity contribution in [1.82, 2.24) is 9.97 Å². The molecule has 0 spiro atoms. The Balaban J connectivity index is 1.39. The zero-order valence-electron chi connectivity index (χ0n) is 17.3. The van der Waals surface area contributed by atoms with E-state index in [2.05, 4.69) is 34.0 Å². The second kappa shape index (κ2) is 8.95. The summed E-state index contributed by atoms with van der Waals surface area (Å²) in [4.78, 5) is 23.7. The second-order valence-corrected chi connectivity index (χ2v) is 7.65. The standard InChI is InChI=1S/C24H26N4O2/c1-17-8-9-20(16-18(17)2)27-23(29)19-10-14-28(15-11-19)22-24(26-13-12-25-22)30-21-6-4-3-5-7-21/h3-9,12-13,16,19H,10-11,14-15H2,1-2H3,(H,27,29). The van der Waals surface area contributed by atoms with Crippen molar-refractivity contribution in [3.05, 3.63) is 72.1 Å². The molecule has 2 heterocycles. The molecule has 1 amide bonds. The van der Waals surface area contributed by atoms with Crippen LogP contribution in [0.1, 0.15) is 24.0 Å². The fourth-order valence-electron chi connectivity index (χ4n) is 3.62. The molecular formula is C24H26N4O2. The van der Waals surface area contributed by atoms with Crippen molar-refractivity contribution >= 4 is 17.4 Å². The van der Waals surface area contributed by atoms with Crippen molar-refractivity contribution in [2.24, 2.45) is 5.92 Å². The van der Waals surface area contributed by atoms with Gasteiger partial charge in [-0.15, -0.1) is 0 Å². The van der Waals surface area contributed by atoms with Crippen LogP contribution in [0.2, 0.25) is 0 Å². The van der Waals surface area contributed by atoms with Crippen molar-refractivity contribution in [2.45, 2.75) is 26.7 Å². The summed E-state index contributed by atoms with van der Waals surface area (Å²) >= 11 is 0. The molecule has 0 atom stereocenters. The number of hydrogen-bond acceptors (Lipinski definition) is 5. The number of rotatable bonds is 5. The number of anilines is 2. The van der Waals surface area contributed by atoms with E-state index in [1.807, 2.05) is 48.5 Å². The Morgan fingerprint density at radius 3 is 2.47 bits per heavy atom. The van der Waals surface area contributed by atoms with Crippen LogP contribution in [0.5, 0.6) is 11.6 Å². The van der Waals surface area contributed by atoms with Crippen LogP contribution in [0, 0.1) is 19.8 Å². The van der Waals surface area contributed by atoms with E-state index in [1.54, 1.807) is 12.4 Å². The van der Waals surface area contributed by atoms with Crippen LogP contribution in [0.4, 0.5) is 11.5 Å². The van der Waals surface area contributed by atoms with E-state index in [9.17, 15) is 4.79 Å². The number of aryl methyl sites for hydroxylation is 2. The molecule has 2 aromatic carbocycles. The predicted octanol–water partition coefficient (Wildman–Crippen LogP) is 4.74. The molecular weight excluding hydrogens is 376 g/mol. The maximum absolute atomic E-state index is 12.7. The fourth-order valence-corrected chi connectivity index (χ4v) is 3.62. The highest BCUT2D eigenvalue weighted by molar-refractivity contribution is 5.92. The van der Waals surface area contributed by atoms with Gasteiger partial charge in [0.25, 0.3) is 5.88 Å². The van der Waals surface area contributed by atoms with Crippen molar-refractivity contribution in [2.75, 3.05) is 23.3 Å². The van der Waals surface area contributed by atoms with E-state index in [1.165, 1.54) is 11.1 Å². The molecule has 1 N–H and O–H groups in total. The van der Waals surface area contributed by atoms with Gasteiger partial charge in [-0.25, -0.2) is 9.97 Å². The minimum atomic E-state index is -0.0157. The number of amides is 1. The van der Waals surface area contributed by atoms with E-state index in [0.717, 1.165) is 43.2 Å². The van der Waals surface area contributed by atoms with Gasteiger partial charge in [0.05, 0.1) is 0 Å². The largest absolute Gasteiger partial charge is 0.436 e. The van der Waals surface area contributed by atoms with E-state index in [4.69, 9.17) is 4.74 Å². The van der Waals surface area contributed by atoms with Crippen molar-refractivity contribution in [3.8, 4) is 11.6 Å². The van der Waals surface area contributed by atoms with Gasteiger partial charge in [-0.05, 0) is 62.1 Å². The Hall–Kier alpha value is -3.41. The van der Waals surface area contributed by atoms with Gasteiger partial charge in [0.2, 0.25) is 5.91 Å². The van der Waals surface area contributed by atoms with Crippen molar-refractivity contribution in [3.63, 3.8) is 0 Å². The van der Waals surface area contributed by atoms with E-state index < -0.39 is 0 Å². The maximum Gasteiger partial charge on any atom is 0.263 e. The van der Waals surface area contributed by atoms with Gasteiger partial charge in [-0.1, -0.05) is 24.3 Å². The molecule has 6 heteroatoms. The molecule has 0 bridgehead atoms. The number of nitrogens with one attached hydrogen (secondary N) is 1. The van der Waals surface area contributed by atoms with E-state index in [0.29, 0.717) is 5.88 Å². The molecule has 1 aliphatic heterocycles. The number of hydrogen-bond donors (Lipinski definition) is 1. The zero-order chi connectivity index (χ0) is 20.9. The van der Waals surface area contributed by atoms with Crippen LogP contribution in [0.3, 0.4) is 0 Å². The molecule has 6 nitrogen and oxygen atoms in total. The Morgan fingerprint density at radius 1 is 1.00 bits per heavy atom. The summed E-state index contributed by atoms with van der Waals surface area (Å²) in [6, 6.07) is 15.6. The summed E-state index contributed by atoms with van der Waals surface area (Å²) < 4.78 is 5.94. The average molecular weight is 402 g/mol. The van der Waals surface area contributed by atoms with Gasteiger partial charge >= 0.3 is 0 Å². The summed E-state index contributed by atoms with van der Waals surface area (Å²) in [5, 5.41) is 3.07. The van der Waals surface area contributed by atoms with Crippen molar-refractivity contribution < 1.29 is 9.53 Å². The predicted molar refractivity (Wildman–Crippen MR) is 118 cm³/mol. The summed E-state index contributed by atoms with van der Waals surface area (Å²) in [7, 11) is 0. The first kappa shape index (κ1) is 19.9. The maximum atomic E-state index is 12.7. The number of ether oxygens (including phenoxy) is 1. The number of carbonyl (C=O) groups is 1. The average Bonchev–Trinajstić information content (AvgIpc) is 2.77. The number of nitrogens with zero attached hydrogens (tertiary/aromatic N) is 3. The minimum Gasteiger partial charge on any atom is -0.436 e. The third-order valence-corrected chi connectivity index (χ3v) is 5.54. The molecule has 1 aliphatic rings. The molecule has 30 heavy (non-hydrogen) atoms. The monoisotopic (exact) mass is 402 g/mol. The number of benzene rings is 2. The molecule has 0 saturated carbocycles. The molecule has 0 unspecified atom stereocenters. The Labute approximate surface area is 176 Å². The zero-order valence-corrected chi connectivity index (χ0v) is 17.3. The smallest absolute Gasteiger partial charge is 0.263 e. The van der Waals surface area contributed by atoms with Crippen LogP contribution < -0.4 is 15.0 Å². The number of piperidine rings is 1. The minimum absolute atomic E-state index is 0.0157. The first-order valence-corrected chi connectivity index (χ1v) is 10.3. The Bertz CT molecular complexity index is 1010. The van der Waals surface area contributed by atoms with Crippen LogP contribution in [0.15, 0.2) is 60.9 Å². The van der Waals surface area contributed by atoms with Crippen LogP contribution >= 0.6 is 0 Å². The van der Waals surface area contributed by atoms with Crippen molar-refractivity contribution in [1.29, 1.82) is 0 Å². The molecule has 4 rings (SSSR count). The van der Waals surface area contributed by atoms with Gasteiger partial charge in [-0.2, -0.15) is 0 Å². The third-order valence-electron chi connectivity index (χ3n) is 5.54. The van der Waals surface area contributed by atoms with Gasteiger partial charge < -0.3 is 15.0 Å². The van der Waals surface area contributed by atoms with Gasteiger partial charge in [0.15, 0.2) is 5.82 Å². The first-order chi connectivity index (χ1) is 14.6. The SMILES string of the molecule is Cc1ccc(NC(=O)C2CCN(c3nccnc3Oc3ccccc3)CC2)cc1C. The number of carbonyl (C=O) groups excluding carboxylic acids is 1. The lowest BCUT2D eigenvalue weighted by atomic mass is 9.95. The molecule has 0 radical (unpaired) electrons. The molecule has 1 fully saturated rings. The highest BCUT2D eigenvalue weighted by Crippen LogP contribution is 2.31. The normalized spacial score (nSPS) is 14.4. The topological polar surface area (TPSA) is 67.4 Å². The molecule has 1 saturated heterocycles. The molecule has 0 aliphatic carbocycles. The molecule has 1 aromatic heterocycles. The van der Waals surface area contributed by atoms with Gasteiger partial charge in [0, 0.05) is 37.1 Å². The lowest BCUT2D eigenvalue weighted by Crippen LogP contribution is -2.38. The van der Waals surface area contributed by atoms with Crippen LogP contribution in [-0.4, -0.2) is 29.0 Å². The van der Waals surface area contributed by atoms with Gasteiger partial charge in [-0.3, -0.25) is 4.79 Å².